The van der Waals surface area contributed by atoms with Crippen LogP contribution in [0.2, 0.25) is 0 Å². The smallest absolute Gasteiger partial charge is 0.238 e. The van der Waals surface area contributed by atoms with Crippen LogP contribution in [0.3, 0.4) is 0 Å². The van der Waals surface area contributed by atoms with Crippen molar-refractivity contribution < 1.29 is 4.79 Å². The Labute approximate surface area is 166 Å². The van der Waals surface area contributed by atoms with Gasteiger partial charge >= 0.3 is 0 Å². The molecule has 0 spiro atoms. The van der Waals surface area contributed by atoms with Gasteiger partial charge in [0.15, 0.2) is 0 Å². The number of piperidine rings is 1. The summed E-state index contributed by atoms with van der Waals surface area (Å²) in [4.78, 5) is 23.0. The Kier molecular flexibility index (Phi) is 5.18. The van der Waals surface area contributed by atoms with E-state index in [1.165, 1.54) is 11.1 Å². The van der Waals surface area contributed by atoms with Crippen LogP contribution < -0.4 is 5.32 Å². The molecule has 28 heavy (non-hydrogen) atoms. The molecule has 5 nitrogen and oxygen atoms in total. The Hall–Kier alpha value is -2.66. The molecule has 4 rings (SSSR count). The topological polar surface area (TPSA) is 61.0 Å². The van der Waals surface area contributed by atoms with Gasteiger partial charge in [-0.25, -0.2) is 4.98 Å². The van der Waals surface area contributed by atoms with Crippen molar-refractivity contribution in [2.45, 2.75) is 39.5 Å². The number of H-pyrrole nitrogens is 1. The number of aromatic nitrogens is 2. The van der Waals surface area contributed by atoms with Gasteiger partial charge in [-0.2, -0.15) is 0 Å². The predicted molar refractivity (Wildman–Crippen MR) is 114 cm³/mol. The van der Waals surface area contributed by atoms with Crippen LogP contribution in [0.5, 0.6) is 0 Å². The molecule has 2 aromatic carbocycles. The number of anilines is 1. The van der Waals surface area contributed by atoms with Gasteiger partial charge in [-0.05, 0) is 76.0 Å². The van der Waals surface area contributed by atoms with E-state index in [4.69, 9.17) is 4.98 Å². The van der Waals surface area contributed by atoms with Crippen LogP contribution in [0.1, 0.15) is 41.3 Å². The third kappa shape index (κ3) is 4.09. The Morgan fingerprint density at radius 3 is 2.57 bits per heavy atom. The summed E-state index contributed by atoms with van der Waals surface area (Å²) in [7, 11) is 0. The lowest BCUT2D eigenvalue weighted by atomic mass is 9.96. The number of likely N-dealkylation sites (tertiary alicyclic amines) is 1. The summed E-state index contributed by atoms with van der Waals surface area (Å²) in [6, 6.07) is 12.4. The highest BCUT2D eigenvalue weighted by atomic mass is 16.2. The molecule has 2 N–H and O–H groups in total. The first-order chi connectivity index (χ1) is 13.5. The number of amides is 1. The van der Waals surface area contributed by atoms with Crippen LogP contribution in [-0.2, 0) is 4.79 Å². The van der Waals surface area contributed by atoms with Crippen molar-refractivity contribution in [1.82, 2.24) is 14.9 Å². The van der Waals surface area contributed by atoms with E-state index in [0.29, 0.717) is 12.5 Å². The average molecular weight is 377 g/mol. The van der Waals surface area contributed by atoms with E-state index in [1.54, 1.807) is 0 Å². The van der Waals surface area contributed by atoms with Crippen LogP contribution in [0.25, 0.3) is 11.0 Å². The summed E-state index contributed by atoms with van der Waals surface area (Å²) in [5.74, 6) is 1.58. The zero-order chi connectivity index (χ0) is 19.7. The fraction of sp³-hybridized carbons (Fsp3) is 0.391. The lowest BCUT2D eigenvalue weighted by Crippen LogP contribution is -2.39. The molecule has 0 bridgehead atoms. The highest BCUT2D eigenvalue weighted by Gasteiger charge is 2.24. The van der Waals surface area contributed by atoms with Crippen molar-refractivity contribution in [2.24, 2.45) is 0 Å². The van der Waals surface area contributed by atoms with Gasteiger partial charge in [0.05, 0.1) is 17.6 Å². The van der Waals surface area contributed by atoms with E-state index < -0.39 is 0 Å². The highest BCUT2D eigenvalue weighted by Crippen LogP contribution is 2.28. The van der Waals surface area contributed by atoms with Crippen LogP contribution >= 0.6 is 0 Å². The number of carbonyl (C=O) groups excluding carboxylic acids is 1. The molecule has 3 aromatic rings. The predicted octanol–water partition coefficient (Wildman–Crippen LogP) is 4.31. The summed E-state index contributed by atoms with van der Waals surface area (Å²) in [6.07, 6.45) is 2.05. The number of nitrogens with zero attached hydrogens (tertiary/aromatic N) is 2. The van der Waals surface area contributed by atoms with Crippen LogP contribution in [0.15, 0.2) is 36.4 Å². The molecule has 146 valence electrons. The molecular formula is C23H28N4O. The van der Waals surface area contributed by atoms with Crippen molar-refractivity contribution >= 4 is 22.6 Å². The van der Waals surface area contributed by atoms with Gasteiger partial charge in [0.1, 0.15) is 5.82 Å². The summed E-state index contributed by atoms with van der Waals surface area (Å²) < 4.78 is 0. The standard InChI is InChI=1S/C23H28N4O/c1-15-4-6-19(17(3)12-15)24-22(28)14-27-10-8-18(9-11-27)23-25-20-7-5-16(2)13-21(20)26-23/h4-7,12-13,18H,8-11,14H2,1-3H3,(H,24,28)(H,25,26). The molecule has 0 atom stereocenters. The molecule has 2 heterocycles. The number of aromatic amines is 1. The maximum absolute atomic E-state index is 12.4. The fourth-order valence-electron chi connectivity index (χ4n) is 4.05. The Morgan fingerprint density at radius 2 is 1.82 bits per heavy atom. The lowest BCUT2D eigenvalue weighted by molar-refractivity contribution is -0.117. The van der Waals surface area contributed by atoms with Crippen molar-refractivity contribution in [2.75, 3.05) is 25.0 Å². The number of hydrogen-bond donors (Lipinski definition) is 2. The van der Waals surface area contributed by atoms with Crippen LogP contribution in [0, 0.1) is 20.8 Å². The molecule has 0 saturated carbocycles. The van der Waals surface area contributed by atoms with Gasteiger partial charge in [-0.15, -0.1) is 0 Å². The summed E-state index contributed by atoms with van der Waals surface area (Å²) >= 11 is 0. The maximum Gasteiger partial charge on any atom is 0.238 e. The SMILES string of the molecule is Cc1ccc(NC(=O)CN2CCC(c3nc4ccc(C)cc4[nH]3)CC2)c(C)c1. The molecule has 1 aliphatic heterocycles. The number of carbonyl (C=O) groups is 1. The minimum atomic E-state index is 0.0598. The average Bonchev–Trinajstić information content (AvgIpc) is 3.08. The first-order valence-corrected chi connectivity index (χ1v) is 10.0. The number of rotatable bonds is 4. The normalized spacial score (nSPS) is 15.8. The van der Waals surface area contributed by atoms with Crippen LogP contribution in [-0.4, -0.2) is 40.4 Å². The van der Waals surface area contributed by atoms with Crippen LogP contribution in [0.4, 0.5) is 5.69 Å². The van der Waals surface area contributed by atoms with Crippen molar-refractivity contribution in [3.63, 3.8) is 0 Å². The second-order valence-corrected chi connectivity index (χ2v) is 8.06. The van der Waals surface area contributed by atoms with Gasteiger partial charge in [-0.3, -0.25) is 9.69 Å². The molecular weight excluding hydrogens is 348 g/mol. The Morgan fingerprint density at radius 1 is 1.11 bits per heavy atom. The van der Waals surface area contributed by atoms with Crippen molar-refractivity contribution in [3.05, 3.63) is 58.9 Å². The molecule has 1 fully saturated rings. The van der Waals surface area contributed by atoms with E-state index >= 15 is 0 Å². The first kappa shape index (κ1) is 18.7. The number of imidazole rings is 1. The van der Waals surface area contributed by atoms with Gasteiger partial charge in [0, 0.05) is 11.6 Å². The maximum atomic E-state index is 12.4. The summed E-state index contributed by atoms with van der Waals surface area (Å²) in [6.45, 7) is 8.47. The Bertz CT molecular complexity index is 999. The third-order valence-corrected chi connectivity index (χ3v) is 5.65. The Balaban J connectivity index is 1.32. The number of nitrogens with one attached hydrogen (secondary N) is 2. The van der Waals surface area contributed by atoms with Gasteiger partial charge in [-0.1, -0.05) is 23.8 Å². The minimum Gasteiger partial charge on any atom is -0.342 e. The van der Waals surface area contributed by atoms with Gasteiger partial charge in [0.2, 0.25) is 5.91 Å². The van der Waals surface area contributed by atoms with Crippen molar-refractivity contribution in [1.29, 1.82) is 0 Å². The summed E-state index contributed by atoms with van der Waals surface area (Å²) in [5, 5.41) is 3.05. The zero-order valence-electron chi connectivity index (χ0n) is 16.9. The largest absolute Gasteiger partial charge is 0.342 e. The number of fused-ring (bicyclic) bond motifs is 1. The number of benzene rings is 2. The van der Waals surface area contributed by atoms with E-state index in [2.05, 4.69) is 53.3 Å². The van der Waals surface area contributed by atoms with Gasteiger partial charge in [0.25, 0.3) is 0 Å². The molecule has 1 aromatic heterocycles. The molecule has 0 aliphatic carbocycles. The minimum absolute atomic E-state index is 0.0598. The molecule has 1 aliphatic rings. The van der Waals surface area contributed by atoms with Crippen molar-refractivity contribution in [3.8, 4) is 0 Å². The lowest BCUT2D eigenvalue weighted by Gasteiger charge is -2.30. The first-order valence-electron chi connectivity index (χ1n) is 10.0. The number of aryl methyl sites for hydroxylation is 3. The second-order valence-electron chi connectivity index (χ2n) is 8.06. The van der Waals surface area contributed by atoms with E-state index in [9.17, 15) is 4.79 Å². The zero-order valence-corrected chi connectivity index (χ0v) is 16.9. The number of hydrogen-bond acceptors (Lipinski definition) is 3. The molecule has 1 saturated heterocycles. The molecule has 5 heteroatoms. The molecule has 1 amide bonds. The second kappa shape index (κ2) is 7.76. The monoisotopic (exact) mass is 376 g/mol. The third-order valence-electron chi connectivity index (χ3n) is 5.65. The fourth-order valence-corrected chi connectivity index (χ4v) is 4.05. The quantitative estimate of drug-likeness (QED) is 0.713. The summed E-state index contributed by atoms with van der Waals surface area (Å²) in [5.41, 5.74) is 6.61. The highest BCUT2D eigenvalue weighted by molar-refractivity contribution is 5.93. The van der Waals surface area contributed by atoms with E-state index in [-0.39, 0.29) is 5.91 Å². The molecule has 0 unspecified atom stereocenters. The van der Waals surface area contributed by atoms with E-state index in [0.717, 1.165) is 54.0 Å². The molecule has 0 radical (unpaired) electrons. The van der Waals surface area contributed by atoms with Gasteiger partial charge < -0.3 is 10.3 Å². The van der Waals surface area contributed by atoms with E-state index in [1.807, 2.05) is 19.1 Å².